The second-order valence-electron chi connectivity index (χ2n) is 4.67. The molecule has 0 atom stereocenters. The Kier molecular flexibility index (Phi) is 4.85. The normalized spacial score (nSPS) is 10.1. The minimum absolute atomic E-state index is 1.02. The van der Waals surface area contributed by atoms with Gasteiger partial charge in [-0.2, -0.15) is 0 Å². The van der Waals surface area contributed by atoms with Crippen LogP contribution in [0, 0.1) is 11.8 Å². The van der Waals surface area contributed by atoms with E-state index in [4.69, 9.17) is 0 Å². The predicted octanol–water partition coefficient (Wildman–Crippen LogP) is 5.16. The second-order valence-corrected chi connectivity index (χ2v) is 4.67. The van der Waals surface area contributed by atoms with Crippen molar-refractivity contribution in [1.29, 1.82) is 0 Å². The number of fused-ring (bicyclic) bond motifs is 1. The first-order chi connectivity index (χ1) is 8.90. The van der Waals surface area contributed by atoms with Gasteiger partial charge in [0.2, 0.25) is 0 Å². The Bertz CT molecular complexity index is 555. The Morgan fingerprint density at radius 3 is 2.56 bits per heavy atom. The van der Waals surface area contributed by atoms with Gasteiger partial charge in [-0.1, -0.05) is 68.4 Å². The molecule has 0 unspecified atom stereocenters. The van der Waals surface area contributed by atoms with Gasteiger partial charge in [0.1, 0.15) is 0 Å². The molecule has 0 amide bonds. The summed E-state index contributed by atoms with van der Waals surface area (Å²) in [5.74, 6) is 6.54. The molecule has 0 aliphatic heterocycles. The summed E-state index contributed by atoms with van der Waals surface area (Å²) in [7, 11) is 0. The van der Waals surface area contributed by atoms with Crippen LogP contribution in [0.3, 0.4) is 0 Å². The van der Waals surface area contributed by atoms with Crippen molar-refractivity contribution in [2.24, 2.45) is 0 Å². The highest BCUT2D eigenvalue weighted by atomic mass is 14.0. The maximum Gasteiger partial charge on any atom is 0.0251 e. The van der Waals surface area contributed by atoms with E-state index in [1.54, 1.807) is 0 Å². The van der Waals surface area contributed by atoms with Crippen molar-refractivity contribution in [2.45, 2.75) is 39.0 Å². The maximum atomic E-state index is 3.28. The molecule has 0 radical (unpaired) electrons. The van der Waals surface area contributed by atoms with Crippen LogP contribution in [0.4, 0.5) is 0 Å². The van der Waals surface area contributed by atoms with Gasteiger partial charge in [0.25, 0.3) is 0 Å². The highest BCUT2D eigenvalue weighted by Crippen LogP contribution is 2.14. The fourth-order valence-electron chi connectivity index (χ4n) is 2.07. The van der Waals surface area contributed by atoms with E-state index in [-0.39, 0.29) is 0 Å². The zero-order valence-electron chi connectivity index (χ0n) is 11.1. The standard InChI is InChI=1S/C18H20/c1-2-3-4-5-6-7-10-16-13-14-17-11-8-9-12-18(17)15-16/h8-9,11-15H,2-6H2,1H3. The molecule has 92 valence electrons. The van der Waals surface area contributed by atoms with E-state index in [0.717, 1.165) is 12.0 Å². The van der Waals surface area contributed by atoms with Gasteiger partial charge in [-0.3, -0.25) is 0 Å². The molecule has 18 heavy (non-hydrogen) atoms. The van der Waals surface area contributed by atoms with Gasteiger partial charge < -0.3 is 0 Å². The lowest BCUT2D eigenvalue weighted by atomic mass is 10.1. The first kappa shape index (κ1) is 12.7. The van der Waals surface area contributed by atoms with Gasteiger partial charge in [0, 0.05) is 12.0 Å². The Balaban J connectivity index is 1.97. The number of hydrogen-bond donors (Lipinski definition) is 0. The molecule has 2 aromatic carbocycles. The van der Waals surface area contributed by atoms with Crippen LogP contribution in [0.25, 0.3) is 10.8 Å². The third kappa shape index (κ3) is 3.64. The molecule has 2 aromatic rings. The molecule has 0 saturated heterocycles. The van der Waals surface area contributed by atoms with Crippen molar-refractivity contribution in [3.05, 3.63) is 48.0 Å². The molecule has 0 heterocycles. The summed E-state index contributed by atoms with van der Waals surface area (Å²) in [6, 6.07) is 14.9. The van der Waals surface area contributed by atoms with Gasteiger partial charge >= 0.3 is 0 Å². The van der Waals surface area contributed by atoms with Crippen LogP contribution in [-0.2, 0) is 0 Å². The number of rotatable bonds is 4. The average Bonchev–Trinajstić information content (AvgIpc) is 2.42. The lowest BCUT2D eigenvalue weighted by Gasteiger charge is -1.97. The van der Waals surface area contributed by atoms with E-state index in [1.807, 2.05) is 0 Å². The van der Waals surface area contributed by atoms with Gasteiger partial charge in [0.15, 0.2) is 0 Å². The Morgan fingerprint density at radius 2 is 1.72 bits per heavy atom. The Morgan fingerprint density at radius 1 is 0.889 bits per heavy atom. The topological polar surface area (TPSA) is 0 Å². The van der Waals surface area contributed by atoms with E-state index < -0.39 is 0 Å². The van der Waals surface area contributed by atoms with E-state index in [1.165, 1.54) is 36.5 Å². The van der Waals surface area contributed by atoms with Crippen LogP contribution in [-0.4, -0.2) is 0 Å². The summed E-state index contributed by atoms with van der Waals surface area (Å²) < 4.78 is 0. The minimum atomic E-state index is 1.02. The minimum Gasteiger partial charge on any atom is -0.0979 e. The van der Waals surface area contributed by atoms with Crippen molar-refractivity contribution in [3.63, 3.8) is 0 Å². The van der Waals surface area contributed by atoms with Crippen LogP contribution in [0.15, 0.2) is 42.5 Å². The van der Waals surface area contributed by atoms with Crippen molar-refractivity contribution in [3.8, 4) is 11.8 Å². The molecule has 0 aliphatic carbocycles. The zero-order valence-corrected chi connectivity index (χ0v) is 11.1. The fourth-order valence-corrected chi connectivity index (χ4v) is 2.07. The lowest BCUT2D eigenvalue weighted by Crippen LogP contribution is -1.77. The summed E-state index contributed by atoms with van der Waals surface area (Å²) >= 11 is 0. The molecule has 0 heteroatoms. The quantitative estimate of drug-likeness (QED) is 0.508. The molecule has 0 saturated carbocycles. The number of hydrogen-bond acceptors (Lipinski definition) is 0. The third-order valence-electron chi connectivity index (χ3n) is 3.14. The second kappa shape index (κ2) is 6.87. The van der Waals surface area contributed by atoms with Crippen LogP contribution in [0.5, 0.6) is 0 Å². The molecule has 0 N–H and O–H groups in total. The molecule has 0 aliphatic rings. The Labute approximate surface area is 110 Å². The molecule has 0 fully saturated rings. The van der Waals surface area contributed by atoms with Crippen LogP contribution in [0.2, 0.25) is 0 Å². The summed E-state index contributed by atoms with van der Waals surface area (Å²) in [5.41, 5.74) is 1.13. The molecule has 0 nitrogen and oxygen atoms in total. The van der Waals surface area contributed by atoms with Crippen molar-refractivity contribution < 1.29 is 0 Å². The summed E-state index contributed by atoms with van der Waals surface area (Å²) in [4.78, 5) is 0. The first-order valence-electron chi connectivity index (χ1n) is 6.88. The zero-order chi connectivity index (χ0) is 12.6. The SMILES string of the molecule is CCCCCCC#Cc1ccc2ccccc2c1. The number of benzene rings is 2. The monoisotopic (exact) mass is 236 g/mol. The van der Waals surface area contributed by atoms with Crippen LogP contribution >= 0.6 is 0 Å². The smallest absolute Gasteiger partial charge is 0.0251 e. The highest BCUT2D eigenvalue weighted by Gasteiger charge is 1.92. The van der Waals surface area contributed by atoms with Gasteiger partial charge in [-0.25, -0.2) is 0 Å². The summed E-state index contributed by atoms with van der Waals surface area (Å²) in [6.45, 7) is 2.24. The van der Waals surface area contributed by atoms with Gasteiger partial charge in [0.05, 0.1) is 0 Å². The van der Waals surface area contributed by atoms with Gasteiger partial charge in [-0.15, -0.1) is 0 Å². The van der Waals surface area contributed by atoms with E-state index in [2.05, 4.69) is 61.2 Å². The summed E-state index contributed by atoms with van der Waals surface area (Å²) in [6.07, 6.45) is 6.18. The van der Waals surface area contributed by atoms with E-state index in [9.17, 15) is 0 Å². The fraction of sp³-hybridized carbons (Fsp3) is 0.333. The maximum absolute atomic E-state index is 3.28. The molecule has 0 bridgehead atoms. The van der Waals surface area contributed by atoms with Crippen LogP contribution < -0.4 is 0 Å². The summed E-state index contributed by atoms with van der Waals surface area (Å²) in [5, 5.41) is 2.56. The molecular formula is C18H20. The molecule has 2 rings (SSSR count). The van der Waals surface area contributed by atoms with E-state index >= 15 is 0 Å². The molecular weight excluding hydrogens is 216 g/mol. The third-order valence-corrected chi connectivity index (χ3v) is 3.14. The average molecular weight is 236 g/mol. The van der Waals surface area contributed by atoms with Crippen molar-refractivity contribution in [2.75, 3.05) is 0 Å². The largest absolute Gasteiger partial charge is 0.0979 e. The van der Waals surface area contributed by atoms with Gasteiger partial charge in [-0.05, 0) is 29.3 Å². The van der Waals surface area contributed by atoms with Crippen molar-refractivity contribution in [1.82, 2.24) is 0 Å². The van der Waals surface area contributed by atoms with E-state index in [0.29, 0.717) is 0 Å². The molecule has 0 aromatic heterocycles. The van der Waals surface area contributed by atoms with Crippen LogP contribution in [0.1, 0.15) is 44.6 Å². The predicted molar refractivity (Wildman–Crippen MR) is 79.6 cm³/mol. The van der Waals surface area contributed by atoms with Crippen molar-refractivity contribution >= 4 is 10.8 Å². The lowest BCUT2D eigenvalue weighted by molar-refractivity contribution is 0.679. The number of unbranched alkanes of at least 4 members (excludes halogenated alkanes) is 4. The first-order valence-corrected chi connectivity index (χ1v) is 6.88. The molecule has 0 spiro atoms. The highest BCUT2D eigenvalue weighted by molar-refractivity contribution is 5.83. The Hall–Kier alpha value is -1.74.